The largest absolute Gasteiger partial charge is 0.478 e. The number of carboxylic acids is 1. The first-order valence-electron chi connectivity index (χ1n) is 5.86. The van der Waals surface area contributed by atoms with Gasteiger partial charge in [-0.15, -0.1) is 11.3 Å². The van der Waals surface area contributed by atoms with Crippen molar-refractivity contribution >= 4 is 33.3 Å². The molecule has 0 fully saturated rings. The van der Waals surface area contributed by atoms with E-state index in [0.29, 0.717) is 10.1 Å². The van der Waals surface area contributed by atoms with Crippen molar-refractivity contribution in [2.75, 3.05) is 5.73 Å². The number of aromatic nitrogens is 2. The maximum atomic E-state index is 13.4. The Morgan fingerprint density at radius 2 is 2.10 bits per heavy atom. The van der Waals surface area contributed by atoms with E-state index in [4.69, 9.17) is 5.73 Å². The second-order valence-corrected chi connectivity index (χ2v) is 5.18. The van der Waals surface area contributed by atoms with E-state index in [1.54, 1.807) is 18.2 Å². The third kappa shape index (κ3) is 2.04. The molecule has 0 atom stereocenters. The van der Waals surface area contributed by atoms with Crippen LogP contribution in [0.4, 0.5) is 13.8 Å². The quantitative estimate of drug-likeness (QED) is 0.776. The molecule has 0 spiro atoms. The summed E-state index contributed by atoms with van der Waals surface area (Å²) in [4.78, 5) is 15.4. The number of thiophene rings is 1. The number of halogens is 2. The highest BCUT2D eigenvalue weighted by Crippen LogP contribution is 2.36. The molecule has 0 unspecified atom stereocenters. The number of para-hydroxylation sites is 2. The molecule has 108 valence electrons. The predicted octanol–water partition coefficient (Wildman–Crippen LogP) is 3.44. The van der Waals surface area contributed by atoms with Crippen molar-refractivity contribution in [3.05, 3.63) is 35.2 Å². The summed E-state index contributed by atoms with van der Waals surface area (Å²) in [6.45, 7) is -2.84. The zero-order valence-corrected chi connectivity index (χ0v) is 11.3. The van der Waals surface area contributed by atoms with E-state index in [9.17, 15) is 18.7 Å². The maximum Gasteiger partial charge on any atom is 0.339 e. The Kier molecular flexibility index (Phi) is 3.09. The molecule has 0 radical (unpaired) electrons. The first kappa shape index (κ1) is 13.5. The van der Waals surface area contributed by atoms with Crippen LogP contribution < -0.4 is 5.73 Å². The number of benzene rings is 1. The lowest BCUT2D eigenvalue weighted by atomic mass is 10.2. The zero-order chi connectivity index (χ0) is 15.1. The molecule has 1 aromatic carbocycles. The molecule has 3 aromatic rings. The lowest BCUT2D eigenvalue weighted by Gasteiger charge is -2.07. The van der Waals surface area contributed by atoms with E-state index in [1.165, 1.54) is 11.4 Å². The highest BCUT2D eigenvalue weighted by molar-refractivity contribution is 7.14. The molecule has 2 heterocycles. The Morgan fingerprint density at radius 1 is 1.38 bits per heavy atom. The number of anilines is 1. The summed E-state index contributed by atoms with van der Waals surface area (Å²) in [6.07, 6.45) is 0. The first-order valence-corrected chi connectivity index (χ1v) is 6.74. The number of alkyl halides is 2. The molecule has 5 nitrogen and oxygen atoms in total. The van der Waals surface area contributed by atoms with Crippen LogP contribution in [-0.4, -0.2) is 20.6 Å². The van der Waals surface area contributed by atoms with Crippen molar-refractivity contribution in [3.8, 4) is 11.4 Å². The van der Waals surface area contributed by atoms with Crippen LogP contribution in [-0.2, 0) is 0 Å². The Hall–Kier alpha value is -2.48. The number of imidazole rings is 1. The van der Waals surface area contributed by atoms with Gasteiger partial charge >= 0.3 is 12.5 Å². The first-order chi connectivity index (χ1) is 10.0. The second kappa shape index (κ2) is 4.81. The van der Waals surface area contributed by atoms with Crippen molar-refractivity contribution in [1.82, 2.24) is 9.55 Å². The van der Waals surface area contributed by atoms with E-state index in [1.807, 2.05) is 0 Å². The number of carbonyl (C=O) groups is 1. The van der Waals surface area contributed by atoms with E-state index in [0.717, 1.165) is 11.3 Å². The molecule has 0 saturated heterocycles. The molecule has 0 bridgehead atoms. The van der Waals surface area contributed by atoms with E-state index in [2.05, 4.69) is 4.98 Å². The summed E-state index contributed by atoms with van der Waals surface area (Å²) in [6, 6.07) is 6.39. The minimum atomic E-state index is -2.84. The lowest BCUT2D eigenvalue weighted by molar-refractivity contribution is 0.0694. The number of fused-ring (bicyclic) bond motifs is 1. The van der Waals surface area contributed by atoms with Gasteiger partial charge in [0.15, 0.2) is 0 Å². The molecule has 0 aliphatic rings. The van der Waals surface area contributed by atoms with Crippen LogP contribution in [0.3, 0.4) is 0 Å². The second-order valence-electron chi connectivity index (χ2n) is 4.27. The van der Waals surface area contributed by atoms with Gasteiger partial charge in [-0.05, 0) is 12.1 Å². The standard InChI is InChI=1S/C13H9F2N3O2S/c14-13(15)18-8-4-2-1-3-7(8)17-11(18)6-5-21-10(16)9(6)12(19)20/h1-5,13H,16H2,(H,19,20). The van der Waals surface area contributed by atoms with Crippen LogP contribution in [0.2, 0.25) is 0 Å². The minimum absolute atomic E-state index is 0.0605. The fourth-order valence-electron chi connectivity index (χ4n) is 2.19. The van der Waals surface area contributed by atoms with Crippen molar-refractivity contribution in [2.45, 2.75) is 6.55 Å². The number of hydrogen-bond donors (Lipinski definition) is 2. The highest BCUT2D eigenvalue weighted by atomic mass is 32.1. The molecule has 8 heteroatoms. The van der Waals surface area contributed by atoms with Gasteiger partial charge in [0.2, 0.25) is 0 Å². The summed E-state index contributed by atoms with van der Waals surface area (Å²) in [5.41, 5.74) is 6.12. The molecule has 0 aliphatic heterocycles. The number of hydrogen-bond acceptors (Lipinski definition) is 4. The summed E-state index contributed by atoms with van der Waals surface area (Å²) in [5, 5.41) is 10.7. The average Bonchev–Trinajstić information content (AvgIpc) is 2.98. The van der Waals surface area contributed by atoms with Crippen molar-refractivity contribution in [3.63, 3.8) is 0 Å². The zero-order valence-electron chi connectivity index (χ0n) is 10.5. The summed E-state index contributed by atoms with van der Waals surface area (Å²) >= 11 is 0.983. The minimum Gasteiger partial charge on any atom is -0.478 e. The van der Waals surface area contributed by atoms with Crippen molar-refractivity contribution in [2.24, 2.45) is 0 Å². The van der Waals surface area contributed by atoms with Gasteiger partial charge < -0.3 is 10.8 Å². The molecule has 0 amide bonds. The van der Waals surface area contributed by atoms with E-state index in [-0.39, 0.29) is 27.5 Å². The molecule has 0 saturated carbocycles. The van der Waals surface area contributed by atoms with Gasteiger partial charge in [0.05, 0.1) is 11.0 Å². The monoisotopic (exact) mass is 309 g/mol. The molecule has 21 heavy (non-hydrogen) atoms. The van der Waals surface area contributed by atoms with Crippen LogP contribution in [0.25, 0.3) is 22.4 Å². The molecule has 2 aromatic heterocycles. The summed E-state index contributed by atoms with van der Waals surface area (Å²) in [5.74, 6) is -1.37. The van der Waals surface area contributed by atoms with Gasteiger partial charge in [-0.1, -0.05) is 12.1 Å². The molecule has 0 aliphatic carbocycles. The van der Waals surface area contributed by atoms with Crippen LogP contribution >= 0.6 is 11.3 Å². The van der Waals surface area contributed by atoms with Crippen LogP contribution in [0.1, 0.15) is 16.9 Å². The third-order valence-corrected chi connectivity index (χ3v) is 3.88. The lowest BCUT2D eigenvalue weighted by Crippen LogP contribution is -2.05. The van der Waals surface area contributed by atoms with Gasteiger partial charge in [0.1, 0.15) is 16.4 Å². The Bertz CT molecular complexity index is 841. The fourth-order valence-corrected chi connectivity index (χ4v) is 2.97. The Labute approximate surface area is 121 Å². The molecular formula is C13H9F2N3O2S. The van der Waals surface area contributed by atoms with Crippen molar-refractivity contribution in [1.29, 1.82) is 0 Å². The van der Waals surface area contributed by atoms with Crippen LogP contribution in [0, 0.1) is 0 Å². The number of nitrogens with zero attached hydrogens (tertiary/aromatic N) is 2. The van der Waals surface area contributed by atoms with E-state index >= 15 is 0 Å². The molecule has 3 rings (SSSR count). The van der Waals surface area contributed by atoms with Crippen LogP contribution in [0.15, 0.2) is 29.6 Å². The summed E-state index contributed by atoms with van der Waals surface area (Å²) < 4.78 is 27.4. The molecular weight excluding hydrogens is 300 g/mol. The Morgan fingerprint density at radius 3 is 2.76 bits per heavy atom. The normalized spacial score (nSPS) is 11.4. The topological polar surface area (TPSA) is 81.1 Å². The summed E-state index contributed by atoms with van der Waals surface area (Å²) in [7, 11) is 0. The number of nitrogens with two attached hydrogens (primary N) is 1. The average molecular weight is 309 g/mol. The maximum absolute atomic E-state index is 13.4. The van der Waals surface area contributed by atoms with Gasteiger partial charge in [0, 0.05) is 10.9 Å². The number of carboxylic acid groups (broad SMARTS) is 1. The SMILES string of the molecule is Nc1scc(-c2nc3ccccc3n2C(F)F)c1C(=O)O. The fraction of sp³-hybridized carbons (Fsp3) is 0.0769. The number of nitrogen functional groups attached to an aromatic ring is 1. The van der Waals surface area contributed by atoms with Gasteiger partial charge in [-0.2, -0.15) is 8.78 Å². The van der Waals surface area contributed by atoms with Crippen LogP contribution in [0.5, 0.6) is 0 Å². The van der Waals surface area contributed by atoms with Gasteiger partial charge in [-0.25, -0.2) is 9.78 Å². The number of aromatic carboxylic acids is 1. The molecule has 3 N–H and O–H groups in total. The third-order valence-electron chi connectivity index (χ3n) is 3.07. The highest BCUT2D eigenvalue weighted by Gasteiger charge is 2.25. The van der Waals surface area contributed by atoms with Crippen molar-refractivity contribution < 1.29 is 18.7 Å². The predicted molar refractivity (Wildman–Crippen MR) is 75.7 cm³/mol. The van der Waals surface area contributed by atoms with E-state index < -0.39 is 12.5 Å². The van der Waals surface area contributed by atoms with Gasteiger partial charge in [-0.3, -0.25) is 4.57 Å². The smallest absolute Gasteiger partial charge is 0.339 e. The van der Waals surface area contributed by atoms with Gasteiger partial charge in [0.25, 0.3) is 0 Å². The Balaban J connectivity index is 2.35. The number of rotatable bonds is 3.